The fourth-order valence-electron chi connectivity index (χ4n) is 2.03. The second kappa shape index (κ2) is 4.98. The van der Waals surface area contributed by atoms with Crippen LogP contribution in [0.3, 0.4) is 0 Å². The first-order valence-corrected chi connectivity index (χ1v) is 6.25. The van der Waals surface area contributed by atoms with E-state index in [2.05, 4.69) is 42.4 Å². The third kappa shape index (κ3) is 2.82. The summed E-state index contributed by atoms with van der Waals surface area (Å²) in [6.45, 7) is 7.48. The summed E-state index contributed by atoms with van der Waals surface area (Å²) >= 11 is 0. The molecule has 0 unspecified atom stereocenters. The molecule has 1 aromatic heterocycles. The van der Waals surface area contributed by atoms with Gasteiger partial charge in [-0.05, 0) is 45.4 Å². The van der Waals surface area contributed by atoms with Crippen LogP contribution in [0, 0.1) is 0 Å². The van der Waals surface area contributed by atoms with Gasteiger partial charge in [-0.25, -0.2) is 0 Å². The minimum atomic E-state index is 0.155. The fourth-order valence-corrected chi connectivity index (χ4v) is 2.03. The molecule has 0 fully saturated rings. The zero-order chi connectivity index (χ0) is 13.2. The van der Waals surface area contributed by atoms with E-state index in [0.29, 0.717) is 0 Å². The van der Waals surface area contributed by atoms with Gasteiger partial charge in [0, 0.05) is 10.9 Å². The zero-order valence-electron chi connectivity index (χ0n) is 11.5. The maximum atomic E-state index is 5.31. The van der Waals surface area contributed by atoms with Gasteiger partial charge in [-0.2, -0.15) is 5.10 Å². The molecule has 0 radical (unpaired) electrons. The number of rotatable bonds is 4. The second-order valence-corrected chi connectivity index (χ2v) is 5.51. The molecule has 0 aliphatic heterocycles. The Hall–Kier alpha value is -1.55. The highest BCUT2D eigenvalue weighted by molar-refractivity contribution is 5.87. The van der Waals surface area contributed by atoms with Crippen LogP contribution in [0.5, 0.6) is 5.75 Å². The number of hydrogen-bond acceptors (Lipinski definition) is 3. The zero-order valence-corrected chi connectivity index (χ0v) is 11.5. The van der Waals surface area contributed by atoms with Crippen LogP contribution in [0.25, 0.3) is 10.9 Å². The quantitative estimate of drug-likeness (QED) is 0.872. The van der Waals surface area contributed by atoms with Crippen LogP contribution < -0.4 is 10.1 Å². The van der Waals surface area contributed by atoms with Crippen LogP contribution >= 0.6 is 0 Å². The number of nitrogens with zero attached hydrogens (tertiary/aromatic N) is 1. The van der Waals surface area contributed by atoms with E-state index in [1.54, 1.807) is 7.11 Å². The van der Waals surface area contributed by atoms with Crippen molar-refractivity contribution in [1.29, 1.82) is 0 Å². The molecular formula is C14H21N3O. The van der Waals surface area contributed by atoms with Crippen LogP contribution in [0.2, 0.25) is 0 Å². The van der Waals surface area contributed by atoms with Crippen molar-refractivity contribution >= 4 is 10.9 Å². The van der Waals surface area contributed by atoms with Gasteiger partial charge < -0.3 is 10.1 Å². The van der Waals surface area contributed by atoms with E-state index in [1.165, 1.54) is 5.56 Å². The van der Waals surface area contributed by atoms with E-state index in [1.807, 2.05) is 12.3 Å². The molecule has 18 heavy (non-hydrogen) atoms. The van der Waals surface area contributed by atoms with Gasteiger partial charge in [-0.3, -0.25) is 5.10 Å². The number of nitrogens with one attached hydrogen (secondary N) is 2. The highest BCUT2D eigenvalue weighted by Crippen LogP contribution is 2.26. The predicted octanol–water partition coefficient (Wildman–Crippen LogP) is 2.50. The lowest BCUT2D eigenvalue weighted by molar-refractivity contribution is 0.418. The van der Waals surface area contributed by atoms with Crippen molar-refractivity contribution in [3.63, 3.8) is 0 Å². The summed E-state index contributed by atoms with van der Waals surface area (Å²) in [5.41, 5.74) is 2.42. The Kier molecular flexibility index (Phi) is 3.57. The third-order valence-corrected chi connectivity index (χ3v) is 2.94. The normalized spacial score (nSPS) is 12.0. The summed E-state index contributed by atoms with van der Waals surface area (Å²) in [6.07, 6.45) is 2.85. The van der Waals surface area contributed by atoms with Gasteiger partial charge in [-0.15, -0.1) is 0 Å². The Morgan fingerprint density at radius 1 is 1.33 bits per heavy atom. The number of hydrogen-bond donors (Lipinski definition) is 2. The largest absolute Gasteiger partial charge is 0.494 e. The van der Waals surface area contributed by atoms with Crippen LogP contribution in [-0.2, 0) is 6.42 Å². The Labute approximate surface area is 108 Å². The van der Waals surface area contributed by atoms with Gasteiger partial charge >= 0.3 is 0 Å². The third-order valence-electron chi connectivity index (χ3n) is 2.94. The SMILES string of the molecule is COc1ccc(CCNC(C)(C)C)c2cn[nH]c12. The standard InChI is InChI=1S/C14H21N3O/c1-14(2,3)15-8-7-10-5-6-12(18-4)13-11(10)9-16-17-13/h5-6,9,15H,7-8H2,1-4H3,(H,16,17). The Morgan fingerprint density at radius 3 is 2.78 bits per heavy atom. The topological polar surface area (TPSA) is 49.9 Å². The Bertz CT molecular complexity index is 525. The smallest absolute Gasteiger partial charge is 0.144 e. The van der Waals surface area contributed by atoms with Crippen LogP contribution in [0.15, 0.2) is 18.3 Å². The molecule has 0 atom stereocenters. The van der Waals surface area contributed by atoms with Crippen molar-refractivity contribution in [2.45, 2.75) is 32.7 Å². The molecule has 1 heterocycles. The Morgan fingerprint density at radius 2 is 2.11 bits per heavy atom. The molecule has 4 nitrogen and oxygen atoms in total. The van der Waals surface area contributed by atoms with Crippen LogP contribution in [0.1, 0.15) is 26.3 Å². The molecule has 0 saturated heterocycles. The van der Waals surface area contributed by atoms with E-state index in [4.69, 9.17) is 4.74 Å². The minimum absolute atomic E-state index is 0.155. The molecule has 4 heteroatoms. The molecule has 98 valence electrons. The summed E-state index contributed by atoms with van der Waals surface area (Å²) < 4.78 is 5.31. The summed E-state index contributed by atoms with van der Waals surface area (Å²) in [4.78, 5) is 0. The van der Waals surface area contributed by atoms with E-state index < -0.39 is 0 Å². The van der Waals surface area contributed by atoms with Gasteiger partial charge in [0.15, 0.2) is 0 Å². The second-order valence-electron chi connectivity index (χ2n) is 5.51. The number of benzene rings is 1. The van der Waals surface area contributed by atoms with E-state index in [9.17, 15) is 0 Å². The highest BCUT2D eigenvalue weighted by atomic mass is 16.5. The molecule has 0 amide bonds. The average molecular weight is 247 g/mol. The average Bonchev–Trinajstić information content (AvgIpc) is 2.76. The van der Waals surface area contributed by atoms with Crippen LogP contribution in [0.4, 0.5) is 0 Å². The van der Waals surface area contributed by atoms with Crippen molar-refractivity contribution in [3.05, 3.63) is 23.9 Å². The van der Waals surface area contributed by atoms with Crippen molar-refractivity contribution < 1.29 is 4.74 Å². The van der Waals surface area contributed by atoms with Gasteiger partial charge in [0.1, 0.15) is 11.3 Å². The number of ether oxygens (including phenoxy) is 1. The van der Waals surface area contributed by atoms with Gasteiger partial charge in [-0.1, -0.05) is 6.07 Å². The number of aromatic amines is 1. The monoisotopic (exact) mass is 247 g/mol. The van der Waals surface area contributed by atoms with E-state index >= 15 is 0 Å². The predicted molar refractivity (Wildman–Crippen MR) is 74.1 cm³/mol. The molecule has 0 spiro atoms. The molecule has 2 aromatic rings. The lowest BCUT2D eigenvalue weighted by atomic mass is 10.1. The van der Waals surface area contributed by atoms with E-state index in [-0.39, 0.29) is 5.54 Å². The van der Waals surface area contributed by atoms with Gasteiger partial charge in [0.2, 0.25) is 0 Å². The molecule has 0 saturated carbocycles. The molecule has 0 aliphatic rings. The first-order valence-electron chi connectivity index (χ1n) is 6.25. The van der Waals surface area contributed by atoms with E-state index in [0.717, 1.165) is 29.6 Å². The molecule has 2 rings (SSSR count). The van der Waals surface area contributed by atoms with Gasteiger partial charge in [0.25, 0.3) is 0 Å². The molecule has 0 aliphatic carbocycles. The molecule has 1 aromatic carbocycles. The van der Waals surface area contributed by atoms with Gasteiger partial charge in [0.05, 0.1) is 13.3 Å². The molecule has 2 N–H and O–H groups in total. The minimum Gasteiger partial charge on any atom is -0.494 e. The first-order chi connectivity index (χ1) is 8.51. The summed E-state index contributed by atoms with van der Waals surface area (Å²) in [7, 11) is 1.68. The Balaban J connectivity index is 2.17. The number of fused-ring (bicyclic) bond motifs is 1. The highest BCUT2D eigenvalue weighted by Gasteiger charge is 2.11. The van der Waals surface area contributed by atoms with Crippen molar-refractivity contribution in [2.24, 2.45) is 0 Å². The van der Waals surface area contributed by atoms with Crippen molar-refractivity contribution in [3.8, 4) is 5.75 Å². The maximum Gasteiger partial charge on any atom is 0.144 e. The van der Waals surface area contributed by atoms with Crippen molar-refractivity contribution in [2.75, 3.05) is 13.7 Å². The van der Waals surface area contributed by atoms with Crippen molar-refractivity contribution in [1.82, 2.24) is 15.5 Å². The maximum absolute atomic E-state index is 5.31. The lowest BCUT2D eigenvalue weighted by Crippen LogP contribution is -2.37. The summed E-state index contributed by atoms with van der Waals surface area (Å²) in [5, 5.41) is 11.7. The number of aromatic nitrogens is 2. The molecule has 0 bridgehead atoms. The number of methoxy groups -OCH3 is 1. The number of H-pyrrole nitrogens is 1. The lowest BCUT2D eigenvalue weighted by Gasteiger charge is -2.20. The first kappa shape index (κ1) is 12.9. The van der Waals surface area contributed by atoms with Crippen LogP contribution in [-0.4, -0.2) is 29.4 Å². The summed E-state index contributed by atoms with van der Waals surface area (Å²) in [5.74, 6) is 0.843. The summed E-state index contributed by atoms with van der Waals surface area (Å²) in [6, 6.07) is 4.11. The molecular weight excluding hydrogens is 226 g/mol. The fraction of sp³-hybridized carbons (Fsp3) is 0.500.